The Hall–Kier alpha value is -2.89. The van der Waals surface area contributed by atoms with Gasteiger partial charge in [0.1, 0.15) is 6.61 Å². The first-order chi connectivity index (χ1) is 14.0. The summed E-state index contributed by atoms with van der Waals surface area (Å²) in [6.45, 7) is 6.93. The van der Waals surface area contributed by atoms with Gasteiger partial charge in [-0.15, -0.1) is 0 Å². The summed E-state index contributed by atoms with van der Waals surface area (Å²) in [5.41, 5.74) is 3.18. The molecule has 1 fully saturated rings. The summed E-state index contributed by atoms with van der Waals surface area (Å²) in [6, 6.07) is 9.85. The van der Waals surface area contributed by atoms with Crippen molar-refractivity contribution >= 4 is 23.1 Å². The van der Waals surface area contributed by atoms with Gasteiger partial charge >= 0.3 is 0 Å². The van der Waals surface area contributed by atoms with Gasteiger partial charge in [-0.1, -0.05) is 26.0 Å². The van der Waals surface area contributed by atoms with E-state index in [0.29, 0.717) is 30.2 Å². The van der Waals surface area contributed by atoms with Gasteiger partial charge in [-0.2, -0.15) is 0 Å². The van der Waals surface area contributed by atoms with Crippen LogP contribution in [0.1, 0.15) is 49.0 Å². The van der Waals surface area contributed by atoms with E-state index in [1.807, 2.05) is 49.1 Å². The number of carbonyl (C=O) groups excluding carboxylic acids is 1. The highest BCUT2D eigenvalue weighted by Crippen LogP contribution is 2.35. The minimum absolute atomic E-state index is 0.0391. The molecule has 6 nitrogen and oxygen atoms in total. The first kappa shape index (κ1) is 19.4. The van der Waals surface area contributed by atoms with Crippen molar-refractivity contribution in [1.82, 2.24) is 9.88 Å². The summed E-state index contributed by atoms with van der Waals surface area (Å²) in [7, 11) is 0. The number of rotatable bonds is 4. The number of amides is 1. The number of nitrogens with one attached hydrogen (secondary N) is 1. The van der Waals surface area contributed by atoms with Gasteiger partial charge in [-0.3, -0.25) is 4.79 Å². The number of ether oxygens (including phenoxy) is 1. The van der Waals surface area contributed by atoms with Crippen LogP contribution in [0.4, 0.5) is 11.5 Å². The van der Waals surface area contributed by atoms with Crippen LogP contribution in [0, 0.1) is 11.3 Å². The Morgan fingerprint density at radius 2 is 1.79 bits per heavy atom. The van der Waals surface area contributed by atoms with Crippen molar-refractivity contribution in [3.8, 4) is 5.75 Å². The minimum Gasteiger partial charge on any atom is -0.488 e. The van der Waals surface area contributed by atoms with Crippen molar-refractivity contribution < 1.29 is 9.53 Å². The molecular weight excluding hydrogens is 364 g/mol. The maximum absolute atomic E-state index is 12.8. The molecule has 0 radical (unpaired) electrons. The molecule has 2 aliphatic rings. The van der Waals surface area contributed by atoms with Gasteiger partial charge in [0.05, 0.1) is 12.1 Å². The second-order valence-electron chi connectivity index (χ2n) is 8.01. The van der Waals surface area contributed by atoms with Crippen LogP contribution >= 0.6 is 0 Å². The fraction of sp³-hybridized carbons (Fsp3) is 0.435. The van der Waals surface area contributed by atoms with Gasteiger partial charge in [0.25, 0.3) is 5.91 Å². The quantitative estimate of drug-likeness (QED) is 0.789. The minimum atomic E-state index is 0.0391. The van der Waals surface area contributed by atoms with E-state index in [4.69, 9.17) is 10.1 Å². The Labute approximate surface area is 172 Å². The number of aromatic nitrogens is 1. The van der Waals surface area contributed by atoms with Crippen molar-refractivity contribution in [2.75, 3.05) is 31.1 Å². The van der Waals surface area contributed by atoms with Crippen LogP contribution in [0.25, 0.3) is 0 Å². The van der Waals surface area contributed by atoms with E-state index in [2.05, 4.69) is 9.88 Å². The molecule has 1 aromatic heterocycles. The summed E-state index contributed by atoms with van der Waals surface area (Å²) in [4.78, 5) is 21.4. The summed E-state index contributed by atoms with van der Waals surface area (Å²) in [6.07, 6.45) is 5.00. The highest BCUT2D eigenvalue weighted by atomic mass is 16.5. The molecular formula is C23H28N4O2. The number of nitrogens with zero attached hydrogens (tertiary/aromatic N) is 3. The average molecular weight is 393 g/mol. The third-order valence-corrected chi connectivity index (χ3v) is 5.62. The van der Waals surface area contributed by atoms with Crippen molar-refractivity contribution in [2.24, 2.45) is 5.92 Å². The summed E-state index contributed by atoms with van der Waals surface area (Å²) >= 11 is 0. The van der Waals surface area contributed by atoms with E-state index in [9.17, 15) is 4.79 Å². The SMILES string of the molecule is CC(C)C(=N)c1ccc(N2CCOc3cc(C(=O)N4CCCCC4)cnc32)cc1. The Bertz CT molecular complexity index is 902. The molecule has 2 aromatic rings. The molecule has 3 heterocycles. The molecule has 4 rings (SSSR count). The maximum Gasteiger partial charge on any atom is 0.255 e. The van der Waals surface area contributed by atoms with E-state index in [-0.39, 0.29) is 11.8 Å². The van der Waals surface area contributed by atoms with Crippen LogP contribution < -0.4 is 9.64 Å². The van der Waals surface area contributed by atoms with E-state index in [0.717, 1.165) is 43.0 Å². The molecule has 0 saturated carbocycles. The standard InChI is InChI=1S/C23H28N4O2/c1-16(2)21(24)17-6-8-19(9-7-17)27-12-13-29-20-14-18(15-25-22(20)27)23(28)26-10-4-3-5-11-26/h6-9,14-16,24H,3-5,10-13H2,1-2H3. The van der Waals surface area contributed by atoms with Crippen molar-refractivity contribution in [3.63, 3.8) is 0 Å². The van der Waals surface area contributed by atoms with Gasteiger partial charge in [0, 0.05) is 30.7 Å². The number of pyridine rings is 1. The number of piperidine rings is 1. The number of benzene rings is 1. The molecule has 1 N–H and O–H groups in total. The summed E-state index contributed by atoms with van der Waals surface area (Å²) < 4.78 is 5.84. The molecule has 0 atom stereocenters. The van der Waals surface area contributed by atoms with Crippen LogP contribution in [0.15, 0.2) is 36.5 Å². The molecule has 0 bridgehead atoms. The van der Waals surface area contributed by atoms with E-state index < -0.39 is 0 Å². The molecule has 1 aromatic carbocycles. The van der Waals surface area contributed by atoms with Crippen LogP contribution in [-0.2, 0) is 0 Å². The van der Waals surface area contributed by atoms with Gasteiger partial charge in [0.2, 0.25) is 0 Å². The molecule has 29 heavy (non-hydrogen) atoms. The maximum atomic E-state index is 12.8. The number of fused-ring (bicyclic) bond motifs is 1. The van der Waals surface area contributed by atoms with Crippen molar-refractivity contribution in [3.05, 3.63) is 47.7 Å². The fourth-order valence-electron chi connectivity index (χ4n) is 3.90. The number of hydrogen-bond acceptors (Lipinski definition) is 5. The molecule has 0 unspecified atom stereocenters. The van der Waals surface area contributed by atoms with Crippen molar-refractivity contribution in [1.29, 1.82) is 5.41 Å². The highest BCUT2D eigenvalue weighted by molar-refractivity contribution is 5.99. The lowest BCUT2D eigenvalue weighted by Gasteiger charge is -2.31. The molecule has 1 amide bonds. The van der Waals surface area contributed by atoms with Crippen molar-refractivity contribution in [2.45, 2.75) is 33.1 Å². The predicted octanol–water partition coefficient (Wildman–Crippen LogP) is 4.26. The second kappa shape index (κ2) is 8.23. The molecule has 0 spiro atoms. The first-order valence-electron chi connectivity index (χ1n) is 10.4. The zero-order valence-corrected chi connectivity index (χ0v) is 17.1. The van der Waals surface area contributed by atoms with Crippen LogP contribution in [-0.4, -0.2) is 47.7 Å². The average Bonchev–Trinajstić information content (AvgIpc) is 2.78. The smallest absolute Gasteiger partial charge is 0.255 e. The lowest BCUT2D eigenvalue weighted by atomic mass is 10.00. The van der Waals surface area contributed by atoms with Gasteiger partial charge in [-0.25, -0.2) is 4.98 Å². The predicted molar refractivity (Wildman–Crippen MR) is 115 cm³/mol. The third-order valence-electron chi connectivity index (χ3n) is 5.62. The Morgan fingerprint density at radius 1 is 1.07 bits per heavy atom. The summed E-state index contributed by atoms with van der Waals surface area (Å²) in [5.74, 6) is 1.62. The normalized spacial score (nSPS) is 16.4. The molecule has 2 aliphatic heterocycles. The van der Waals surface area contributed by atoms with Gasteiger partial charge < -0.3 is 19.9 Å². The van der Waals surface area contributed by atoms with Crippen LogP contribution in [0.3, 0.4) is 0 Å². The Morgan fingerprint density at radius 3 is 2.48 bits per heavy atom. The lowest BCUT2D eigenvalue weighted by molar-refractivity contribution is 0.0723. The van der Waals surface area contributed by atoms with E-state index in [1.165, 1.54) is 6.42 Å². The molecule has 0 aliphatic carbocycles. The molecule has 6 heteroatoms. The highest BCUT2D eigenvalue weighted by Gasteiger charge is 2.25. The number of hydrogen-bond donors (Lipinski definition) is 1. The zero-order chi connectivity index (χ0) is 20.4. The topological polar surface area (TPSA) is 69.5 Å². The van der Waals surface area contributed by atoms with E-state index in [1.54, 1.807) is 6.20 Å². The van der Waals surface area contributed by atoms with Crippen LogP contribution in [0.5, 0.6) is 5.75 Å². The second-order valence-corrected chi connectivity index (χ2v) is 8.01. The van der Waals surface area contributed by atoms with Gasteiger partial charge in [-0.05, 0) is 48.9 Å². The number of likely N-dealkylation sites (tertiary alicyclic amines) is 1. The third kappa shape index (κ3) is 3.97. The fourth-order valence-corrected chi connectivity index (χ4v) is 3.90. The Balaban J connectivity index is 1.57. The zero-order valence-electron chi connectivity index (χ0n) is 17.1. The lowest BCUT2D eigenvalue weighted by Crippen LogP contribution is -2.36. The summed E-state index contributed by atoms with van der Waals surface area (Å²) in [5, 5.41) is 8.18. The molecule has 1 saturated heterocycles. The Kier molecular flexibility index (Phi) is 5.51. The number of anilines is 2. The largest absolute Gasteiger partial charge is 0.488 e. The van der Waals surface area contributed by atoms with Crippen LogP contribution in [0.2, 0.25) is 0 Å². The van der Waals surface area contributed by atoms with E-state index >= 15 is 0 Å². The van der Waals surface area contributed by atoms with Gasteiger partial charge in [0.15, 0.2) is 11.6 Å². The first-order valence-corrected chi connectivity index (χ1v) is 10.4. The number of carbonyl (C=O) groups is 1. The molecule has 152 valence electrons. The monoisotopic (exact) mass is 392 g/mol.